The number of carbonyl (C=O) groups is 2. The van der Waals surface area contributed by atoms with E-state index in [9.17, 15) is 19.8 Å². The molecular formula is C74H141NO5. The van der Waals surface area contributed by atoms with E-state index < -0.39 is 12.1 Å². The number of hydrogen-bond donors (Lipinski definition) is 3. The molecule has 0 rings (SSSR count). The summed E-state index contributed by atoms with van der Waals surface area (Å²) in [5.41, 5.74) is 0. The summed E-state index contributed by atoms with van der Waals surface area (Å²) in [6.45, 7) is 4.94. The molecule has 6 nitrogen and oxygen atoms in total. The van der Waals surface area contributed by atoms with E-state index in [0.29, 0.717) is 19.4 Å². The third-order valence-electron chi connectivity index (χ3n) is 16.9. The Labute approximate surface area is 500 Å². The van der Waals surface area contributed by atoms with Crippen molar-refractivity contribution in [2.45, 2.75) is 411 Å². The summed E-state index contributed by atoms with van der Waals surface area (Å²) in [5.74, 6) is -0.0534. The minimum Gasteiger partial charge on any atom is -0.466 e. The van der Waals surface area contributed by atoms with Crippen molar-refractivity contribution in [2.75, 3.05) is 13.2 Å². The molecule has 0 spiro atoms. The summed E-state index contributed by atoms with van der Waals surface area (Å²) < 4.78 is 5.50. The predicted molar refractivity (Wildman–Crippen MR) is 352 cm³/mol. The van der Waals surface area contributed by atoms with Gasteiger partial charge in [0, 0.05) is 12.8 Å². The molecule has 0 aliphatic heterocycles. The lowest BCUT2D eigenvalue weighted by atomic mass is 10.0. The van der Waals surface area contributed by atoms with Crippen LogP contribution in [0.1, 0.15) is 399 Å². The van der Waals surface area contributed by atoms with Crippen molar-refractivity contribution in [1.29, 1.82) is 0 Å². The third kappa shape index (κ3) is 65.2. The largest absolute Gasteiger partial charge is 0.466 e. The Hall–Kier alpha value is -1.92. The predicted octanol–water partition coefficient (Wildman–Crippen LogP) is 23.5. The summed E-state index contributed by atoms with van der Waals surface area (Å²) in [6.07, 6.45) is 89.4. The molecule has 0 aromatic heterocycles. The van der Waals surface area contributed by atoms with Gasteiger partial charge in [0.2, 0.25) is 5.91 Å². The van der Waals surface area contributed by atoms with Crippen molar-refractivity contribution in [1.82, 2.24) is 5.32 Å². The normalized spacial score (nSPS) is 12.7. The topological polar surface area (TPSA) is 95.9 Å². The molecule has 2 unspecified atom stereocenters. The fourth-order valence-corrected chi connectivity index (χ4v) is 11.4. The zero-order valence-corrected chi connectivity index (χ0v) is 54.1. The molecule has 472 valence electrons. The number of allylic oxidation sites excluding steroid dienone is 5. The van der Waals surface area contributed by atoms with Gasteiger partial charge in [-0.05, 0) is 64.2 Å². The Morgan fingerprint density at radius 1 is 0.350 bits per heavy atom. The number of aliphatic hydroxyl groups is 2. The van der Waals surface area contributed by atoms with Gasteiger partial charge in [-0.15, -0.1) is 0 Å². The average molecular weight is 1120 g/mol. The number of ether oxygens (including phenoxy) is 1. The van der Waals surface area contributed by atoms with Crippen LogP contribution >= 0.6 is 0 Å². The van der Waals surface area contributed by atoms with Crippen LogP contribution in [0.15, 0.2) is 36.5 Å². The Balaban J connectivity index is 3.43. The molecule has 0 heterocycles. The molecule has 6 heteroatoms. The van der Waals surface area contributed by atoms with Crippen molar-refractivity contribution in [3.8, 4) is 0 Å². The van der Waals surface area contributed by atoms with E-state index in [0.717, 1.165) is 44.9 Å². The van der Waals surface area contributed by atoms with Crippen LogP contribution in [0.4, 0.5) is 0 Å². The van der Waals surface area contributed by atoms with Gasteiger partial charge in [-0.3, -0.25) is 9.59 Å². The molecule has 0 saturated carbocycles. The number of carbonyl (C=O) groups excluding carboxylic acids is 2. The number of nitrogens with one attached hydrogen (secondary N) is 1. The monoisotopic (exact) mass is 1120 g/mol. The molecule has 2 atom stereocenters. The van der Waals surface area contributed by atoms with Crippen molar-refractivity contribution in [2.24, 2.45) is 0 Å². The van der Waals surface area contributed by atoms with Gasteiger partial charge in [0.25, 0.3) is 0 Å². The molecule has 0 aromatic rings. The molecule has 0 aromatic carbocycles. The van der Waals surface area contributed by atoms with Crippen LogP contribution in [0.5, 0.6) is 0 Å². The highest BCUT2D eigenvalue weighted by molar-refractivity contribution is 5.76. The first-order chi connectivity index (χ1) is 39.5. The van der Waals surface area contributed by atoms with Crippen LogP contribution in [0.2, 0.25) is 0 Å². The van der Waals surface area contributed by atoms with Gasteiger partial charge >= 0.3 is 5.97 Å². The molecule has 0 fully saturated rings. The summed E-state index contributed by atoms with van der Waals surface area (Å²) in [5, 5.41) is 23.2. The van der Waals surface area contributed by atoms with Gasteiger partial charge in [-0.2, -0.15) is 0 Å². The molecule has 3 N–H and O–H groups in total. The number of unbranched alkanes of at least 4 members (excludes halogenated alkanes) is 53. The van der Waals surface area contributed by atoms with Crippen LogP contribution in [-0.4, -0.2) is 47.4 Å². The Kier molecular flexibility index (Phi) is 67.9. The van der Waals surface area contributed by atoms with Crippen LogP contribution in [-0.2, 0) is 14.3 Å². The number of hydrogen-bond acceptors (Lipinski definition) is 5. The van der Waals surface area contributed by atoms with Gasteiger partial charge in [0.05, 0.1) is 25.4 Å². The number of rotatable bonds is 68. The van der Waals surface area contributed by atoms with Gasteiger partial charge in [0.1, 0.15) is 0 Å². The highest BCUT2D eigenvalue weighted by Crippen LogP contribution is 2.19. The van der Waals surface area contributed by atoms with E-state index in [-0.39, 0.29) is 18.5 Å². The second kappa shape index (κ2) is 69.6. The minimum atomic E-state index is -0.848. The maximum Gasteiger partial charge on any atom is 0.305 e. The molecule has 80 heavy (non-hydrogen) atoms. The molecule has 1 amide bonds. The third-order valence-corrected chi connectivity index (χ3v) is 16.9. The van der Waals surface area contributed by atoms with Gasteiger partial charge in [-0.1, -0.05) is 359 Å². The Morgan fingerprint density at radius 3 is 0.950 bits per heavy atom. The first kappa shape index (κ1) is 78.1. The smallest absolute Gasteiger partial charge is 0.305 e. The lowest BCUT2D eigenvalue weighted by molar-refractivity contribution is -0.143. The first-order valence-corrected chi connectivity index (χ1v) is 36.3. The van der Waals surface area contributed by atoms with E-state index in [4.69, 9.17) is 4.74 Å². The quantitative estimate of drug-likeness (QED) is 0.0320. The maximum absolute atomic E-state index is 12.5. The summed E-state index contributed by atoms with van der Waals surface area (Å²) >= 11 is 0. The van der Waals surface area contributed by atoms with E-state index in [1.54, 1.807) is 6.08 Å². The highest BCUT2D eigenvalue weighted by atomic mass is 16.5. The zero-order chi connectivity index (χ0) is 57.8. The molecule has 0 aliphatic rings. The van der Waals surface area contributed by atoms with Gasteiger partial charge in [0.15, 0.2) is 0 Å². The highest BCUT2D eigenvalue weighted by Gasteiger charge is 2.18. The summed E-state index contributed by atoms with van der Waals surface area (Å²) in [7, 11) is 0. The van der Waals surface area contributed by atoms with Crippen molar-refractivity contribution < 1.29 is 24.5 Å². The molecular weight excluding hydrogens is 983 g/mol. The van der Waals surface area contributed by atoms with Crippen LogP contribution in [0.25, 0.3) is 0 Å². The molecule has 0 radical (unpaired) electrons. The average Bonchev–Trinajstić information content (AvgIpc) is 3.46. The fourth-order valence-electron chi connectivity index (χ4n) is 11.4. The van der Waals surface area contributed by atoms with Crippen LogP contribution in [0.3, 0.4) is 0 Å². The lowest BCUT2D eigenvalue weighted by Gasteiger charge is -2.20. The van der Waals surface area contributed by atoms with E-state index in [1.165, 1.54) is 327 Å². The van der Waals surface area contributed by atoms with Crippen LogP contribution < -0.4 is 5.32 Å². The van der Waals surface area contributed by atoms with E-state index in [2.05, 4.69) is 43.5 Å². The van der Waals surface area contributed by atoms with Crippen molar-refractivity contribution >= 4 is 11.9 Å². The number of aliphatic hydroxyl groups excluding tert-OH is 2. The maximum atomic E-state index is 12.5. The first-order valence-electron chi connectivity index (χ1n) is 36.3. The fraction of sp³-hybridized carbons (Fsp3) is 0.892. The number of amides is 1. The van der Waals surface area contributed by atoms with Crippen LogP contribution in [0, 0.1) is 0 Å². The minimum absolute atomic E-state index is 0.0143. The van der Waals surface area contributed by atoms with Gasteiger partial charge < -0.3 is 20.3 Å². The zero-order valence-electron chi connectivity index (χ0n) is 54.1. The second-order valence-corrected chi connectivity index (χ2v) is 24.9. The SMILES string of the molecule is CCCCCCCCCCCCCCCCCCCC/C=C/C(O)C(CO)NC(=O)CCCCCCCCCCCCC/C=C\C/C=C\CCCCCCCCCCCOC(=O)CCCCCCCCCCCCCCCCCC. The van der Waals surface area contributed by atoms with E-state index >= 15 is 0 Å². The molecule has 0 saturated heterocycles. The number of esters is 1. The molecule has 0 aliphatic carbocycles. The second-order valence-electron chi connectivity index (χ2n) is 24.9. The summed E-state index contributed by atoms with van der Waals surface area (Å²) in [4.78, 5) is 24.6. The molecule has 0 bridgehead atoms. The Morgan fingerprint density at radius 2 is 0.625 bits per heavy atom. The van der Waals surface area contributed by atoms with Gasteiger partial charge in [-0.25, -0.2) is 0 Å². The van der Waals surface area contributed by atoms with Crippen molar-refractivity contribution in [3.05, 3.63) is 36.5 Å². The van der Waals surface area contributed by atoms with E-state index in [1.807, 2.05) is 6.08 Å². The Bertz CT molecular complexity index is 1300. The standard InChI is InChI=1S/C74H141NO5/c1-3-5-7-9-11-13-15-17-19-21-22-32-35-38-42-46-50-54-58-62-66-72(77)71(70-76)75-73(78)67-63-59-55-51-47-43-39-36-33-30-28-26-24-23-25-27-29-31-34-37-41-45-49-53-57-61-65-69-80-74(79)68-64-60-56-52-48-44-40-20-18-16-14-12-10-8-6-4-2/h23-24,27,29,62,66,71-72,76-77H,3-22,25-26,28,30-61,63-65,67-70H2,1-2H3,(H,75,78)/b24-23-,29-27-,66-62+. The lowest BCUT2D eigenvalue weighted by Crippen LogP contribution is -2.45. The summed E-state index contributed by atoms with van der Waals surface area (Å²) in [6, 6.07) is -0.632. The van der Waals surface area contributed by atoms with Crippen molar-refractivity contribution in [3.63, 3.8) is 0 Å².